The summed E-state index contributed by atoms with van der Waals surface area (Å²) in [6.45, 7) is 2.15. The second-order valence-electron chi connectivity index (χ2n) is 6.89. The molecule has 3 rings (SSSR count). The minimum absolute atomic E-state index is 0.255. The summed E-state index contributed by atoms with van der Waals surface area (Å²) < 4.78 is 26.8. The van der Waals surface area contributed by atoms with E-state index < -0.39 is 11.6 Å². The Morgan fingerprint density at radius 1 is 1.30 bits per heavy atom. The SMILES string of the molecule is CN=C(NCc1ccc(F)cc1F)NCC1CCCN(C)C1c1cccs1. The fourth-order valence-corrected chi connectivity index (χ4v) is 4.66. The number of hydrogen-bond donors (Lipinski definition) is 2. The van der Waals surface area contributed by atoms with Crippen LogP contribution in [0.25, 0.3) is 0 Å². The van der Waals surface area contributed by atoms with E-state index in [2.05, 4.69) is 45.1 Å². The fourth-order valence-electron chi connectivity index (χ4n) is 3.67. The maximum absolute atomic E-state index is 13.8. The van der Waals surface area contributed by atoms with Gasteiger partial charge in [-0.15, -0.1) is 11.3 Å². The van der Waals surface area contributed by atoms with Crippen LogP contribution in [0.3, 0.4) is 0 Å². The van der Waals surface area contributed by atoms with Crippen molar-refractivity contribution in [3.63, 3.8) is 0 Å². The predicted molar refractivity (Wildman–Crippen MR) is 107 cm³/mol. The second-order valence-corrected chi connectivity index (χ2v) is 7.86. The number of guanidine groups is 1. The standard InChI is InChI=1S/C20H26F2N4S/c1-23-20(24-12-14-7-8-16(21)11-17(14)22)25-13-15-5-3-9-26(2)19(15)18-6-4-10-27-18/h4,6-8,10-11,15,19H,3,5,9,12-13H2,1-2H3,(H2,23,24,25). The molecule has 1 aromatic heterocycles. The van der Waals surface area contributed by atoms with Gasteiger partial charge in [0.2, 0.25) is 0 Å². The van der Waals surface area contributed by atoms with E-state index in [1.807, 2.05) is 0 Å². The van der Waals surface area contributed by atoms with E-state index in [1.165, 1.54) is 23.4 Å². The summed E-state index contributed by atoms with van der Waals surface area (Å²) in [6, 6.07) is 8.32. The van der Waals surface area contributed by atoms with Crippen molar-refractivity contribution in [1.29, 1.82) is 0 Å². The molecule has 0 saturated carbocycles. The number of piperidine rings is 1. The van der Waals surface area contributed by atoms with Crippen molar-refractivity contribution < 1.29 is 8.78 Å². The highest BCUT2D eigenvalue weighted by Crippen LogP contribution is 2.36. The number of halogens is 2. The number of likely N-dealkylation sites (tertiary alicyclic amines) is 1. The van der Waals surface area contributed by atoms with Crippen LogP contribution in [0, 0.1) is 17.6 Å². The first kappa shape index (κ1) is 19.8. The van der Waals surface area contributed by atoms with Crippen molar-refractivity contribution in [1.82, 2.24) is 15.5 Å². The number of nitrogens with zero attached hydrogens (tertiary/aromatic N) is 2. The molecular weight excluding hydrogens is 366 g/mol. The number of nitrogens with one attached hydrogen (secondary N) is 2. The lowest BCUT2D eigenvalue weighted by Crippen LogP contribution is -2.44. The molecule has 1 aliphatic rings. The van der Waals surface area contributed by atoms with Gasteiger partial charge in [0.1, 0.15) is 11.6 Å². The van der Waals surface area contributed by atoms with Crippen molar-refractivity contribution in [3.8, 4) is 0 Å². The highest BCUT2D eigenvalue weighted by Gasteiger charge is 2.31. The summed E-state index contributed by atoms with van der Waals surface area (Å²) in [6.07, 6.45) is 2.33. The third-order valence-corrected chi connectivity index (χ3v) is 6.00. The van der Waals surface area contributed by atoms with Crippen LogP contribution in [0.15, 0.2) is 40.7 Å². The molecule has 146 valence electrons. The van der Waals surface area contributed by atoms with E-state index in [4.69, 9.17) is 0 Å². The Morgan fingerprint density at radius 2 is 2.15 bits per heavy atom. The van der Waals surface area contributed by atoms with Gasteiger partial charge in [0.15, 0.2) is 5.96 Å². The molecule has 1 saturated heterocycles. The van der Waals surface area contributed by atoms with Gasteiger partial charge in [0.05, 0.1) is 0 Å². The smallest absolute Gasteiger partial charge is 0.191 e. The van der Waals surface area contributed by atoms with Gasteiger partial charge in [0.25, 0.3) is 0 Å². The minimum Gasteiger partial charge on any atom is -0.356 e. The van der Waals surface area contributed by atoms with Crippen LogP contribution in [-0.4, -0.2) is 38.0 Å². The molecule has 7 heteroatoms. The van der Waals surface area contributed by atoms with Crippen molar-refractivity contribution in [3.05, 3.63) is 57.8 Å². The maximum atomic E-state index is 13.8. The zero-order valence-corrected chi connectivity index (χ0v) is 16.5. The van der Waals surface area contributed by atoms with Crippen molar-refractivity contribution in [2.24, 2.45) is 10.9 Å². The summed E-state index contributed by atoms with van der Waals surface area (Å²) in [4.78, 5) is 8.04. The molecule has 1 aliphatic heterocycles. The highest BCUT2D eigenvalue weighted by atomic mass is 32.1. The first-order valence-corrected chi connectivity index (χ1v) is 10.1. The zero-order chi connectivity index (χ0) is 19.2. The molecule has 0 amide bonds. The Kier molecular flexibility index (Phi) is 6.79. The van der Waals surface area contributed by atoms with Gasteiger partial charge in [-0.25, -0.2) is 8.78 Å². The number of rotatable bonds is 5. The highest BCUT2D eigenvalue weighted by molar-refractivity contribution is 7.10. The average Bonchev–Trinajstić information content (AvgIpc) is 3.17. The Bertz CT molecular complexity index is 763. The molecular formula is C20H26F2N4S. The molecule has 0 aliphatic carbocycles. The van der Waals surface area contributed by atoms with E-state index in [9.17, 15) is 8.78 Å². The number of hydrogen-bond acceptors (Lipinski definition) is 3. The second kappa shape index (κ2) is 9.28. The largest absolute Gasteiger partial charge is 0.356 e. The first-order valence-electron chi connectivity index (χ1n) is 9.20. The molecule has 27 heavy (non-hydrogen) atoms. The molecule has 2 atom stereocenters. The number of thiophene rings is 1. The van der Waals surface area contributed by atoms with Crippen molar-refractivity contribution in [2.75, 3.05) is 27.2 Å². The molecule has 0 bridgehead atoms. The lowest BCUT2D eigenvalue weighted by Gasteiger charge is -2.39. The Hall–Kier alpha value is -1.99. The number of aliphatic imine (C=N–C) groups is 1. The van der Waals surface area contributed by atoms with Crippen LogP contribution in [0.4, 0.5) is 8.78 Å². The summed E-state index contributed by atoms with van der Waals surface area (Å²) in [5.41, 5.74) is 0.410. The molecule has 4 nitrogen and oxygen atoms in total. The summed E-state index contributed by atoms with van der Waals surface area (Å²) in [5.74, 6) is -0.0233. The summed E-state index contributed by atoms with van der Waals surface area (Å²) >= 11 is 1.80. The molecule has 1 fully saturated rings. The first-order chi connectivity index (χ1) is 13.1. The summed E-state index contributed by atoms with van der Waals surface area (Å²) in [7, 11) is 3.88. The van der Waals surface area contributed by atoms with Crippen LogP contribution in [0.2, 0.25) is 0 Å². The minimum atomic E-state index is -0.570. The van der Waals surface area contributed by atoms with E-state index >= 15 is 0 Å². The van der Waals surface area contributed by atoms with E-state index in [1.54, 1.807) is 18.4 Å². The topological polar surface area (TPSA) is 39.7 Å². The molecule has 2 heterocycles. The maximum Gasteiger partial charge on any atom is 0.191 e. The quantitative estimate of drug-likeness (QED) is 0.601. The lowest BCUT2D eigenvalue weighted by atomic mass is 9.88. The molecule has 2 N–H and O–H groups in total. The van der Waals surface area contributed by atoms with E-state index in [-0.39, 0.29) is 6.54 Å². The normalized spacial score (nSPS) is 21.3. The Balaban J connectivity index is 1.58. The van der Waals surface area contributed by atoms with Gasteiger partial charge in [-0.1, -0.05) is 12.1 Å². The van der Waals surface area contributed by atoms with Gasteiger partial charge < -0.3 is 10.6 Å². The molecule has 2 unspecified atom stereocenters. The van der Waals surface area contributed by atoms with Crippen molar-refractivity contribution >= 4 is 17.3 Å². The van der Waals surface area contributed by atoms with Crippen LogP contribution in [0.1, 0.15) is 29.3 Å². The molecule has 1 aromatic carbocycles. The monoisotopic (exact) mass is 392 g/mol. The predicted octanol–water partition coefficient (Wildman–Crippen LogP) is 3.77. The third-order valence-electron chi connectivity index (χ3n) is 5.06. The van der Waals surface area contributed by atoms with E-state index in [0.29, 0.717) is 23.5 Å². The fraction of sp³-hybridized carbons (Fsp3) is 0.450. The Morgan fingerprint density at radius 3 is 2.85 bits per heavy atom. The Labute approximate surface area is 163 Å². The average molecular weight is 393 g/mol. The molecule has 2 aromatic rings. The van der Waals surface area contributed by atoms with E-state index in [0.717, 1.165) is 25.6 Å². The molecule has 0 spiro atoms. The van der Waals surface area contributed by atoms with Gasteiger partial charge in [-0.2, -0.15) is 0 Å². The third kappa shape index (κ3) is 5.05. The summed E-state index contributed by atoms with van der Waals surface area (Å²) in [5, 5.41) is 8.61. The van der Waals surface area contributed by atoms with Gasteiger partial charge in [0, 0.05) is 42.7 Å². The van der Waals surface area contributed by atoms with Crippen molar-refractivity contribution in [2.45, 2.75) is 25.4 Å². The zero-order valence-electron chi connectivity index (χ0n) is 15.7. The van der Waals surface area contributed by atoms with Crippen LogP contribution in [0.5, 0.6) is 0 Å². The van der Waals surface area contributed by atoms with Gasteiger partial charge in [-0.3, -0.25) is 9.89 Å². The molecule has 0 radical (unpaired) electrons. The van der Waals surface area contributed by atoms with Crippen LogP contribution < -0.4 is 10.6 Å². The van der Waals surface area contributed by atoms with Crippen LogP contribution in [-0.2, 0) is 6.54 Å². The van der Waals surface area contributed by atoms with Gasteiger partial charge >= 0.3 is 0 Å². The lowest BCUT2D eigenvalue weighted by molar-refractivity contribution is 0.125. The van der Waals surface area contributed by atoms with Crippen LogP contribution >= 0.6 is 11.3 Å². The van der Waals surface area contributed by atoms with Gasteiger partial charge in [-0.05, 0) is 49.9 Å². The number of benzene rings is 1.